The molecule has 0 saturated carbocycles. The highest BCUT2D eigenvalue weighted by Gasteiger charge is 2.07. The van der Waals surface area contributed by atoms with Crippen LogP contribution >= 0.6 is 27.3 Å². The zero-order chi connectivity index (χ0) is 12.5. The van der Waals surface area contributed by atoms with Crippen molar-refractivity contribution < 1.29 is 0 Å². The molecule has 3 N–H and O–H groups in total. The van der Waals surface area contributed by atoms with Gasteiger partial charge in [-0.05, 0) is 52.3 Å². The van der Waals surface area contributed by atoms with E-state index in [4.69, 9.17) is 5.73 Å². The number of nitrogens with one attached hydrogen (secondary N) is 1. The van der Waals surface area contributed by atoms with Gasteiger partial charge in [-0.2, -0.15) is 0 Å². The molecular weight excluding hydrogens is 310 g/mol. The molecule has 2 heterocycles. The summed E-state index contributed by atoms with van der Waals surface area (Å²) in [4.78, 5) is 8.88. The summed E-state index contributed by atoms with van der Waals surface area (Å²) in [7, 11) is 0. The SMILES string of the molecule is Nc1ccc(-c2ncc(-c3ccc(Br)s3)[nH]2)cc1. The fourth-order valence-electron chi connectivity index (χ4n) is 1.69. The van der Waals surface area contributed by atoms with Crippen molar-refractivity contribution in [2.24, 2.45) is 0 Å². The quantitative estimate of drug-likeness (QED) is 0.697. The number of imidazole rings is 1. The van der Waals surface area contributed by atoms with E-state index in [0.717, 1.165) is 31.4 Å². The lowest BCUT2D eigenvalue weighted by atomic mass is 10.2. The molecule has 0 fully saturated rings. The van der Waals surface area contributed by atoms with Crippen LogP contribution in [0.4, 0.5) is 5.69 Å². The van der Waals surface area contributed by atoms with Crippen LogP contribution < -0.4 is 5.73 Å². The molecular formula is C13H10BrN3S. The topological polar surface area (TPSA) is 54.7 Å². The zero-order valence-electron chi connectivity index (χ0n) is 9.35. The van der Waals surface area contributed by atoms with Crippen molar-refractivity contribution in [2.45, 2.75) is 0 Å². The van der Waals surface area contributed by atoms with Gasteiger partial charge in [0.15, 0.2) is 0 Å². The number of anilines is 1. The molecule has 0 aliphatic rings. The highest BCUT2D eigenvalue weighted by molar-refractivity contribution is 9.11. The molecule has 3 aromatic rings. The summed E-state index contributed by atoms with van der Waals surface area (Å²) in [5, 5.41) is 0. The first-order chi connectivity index (χ1) is 8.72. The molecule has 18 heavy (non-hydrogen) atoms. The Morgan fingerprint density at radius 3 is 2.56 bits per heavy atom. The van der Waals surface area contributed by atoms with Crippen molar-refractivity contribution in [1.82, 2.24) is 9.97 Å². The van der Waals surface area contributed by atoms with Gasteiger partial charge in [0.1, 0.15) is 5.82 Å². The summed E-state index contributed by atoms with van der Waals surface area (Å²) in [6.45, 7) is 0. The molecule has 90 valence electrons. The predicted molar refractivity (Wildman–Crippen MR) is 79.4 cm³/mol. The molecule has 3 rings (SSSR count). The lowest BCUT2D eigenvalue weighted by Crippen LogP contribution is -1.85. The fourth-order valence-corrected chi connectivity index (χ4v) is 3.04. The number of halogens is 1. The van der Waals surface area contributed by atoms with Crippen LogP contribution in [0.2, 0.25) is 0 Å². The first kappa shape index (κ1) is 11.5. The Bertz CT molecular complexity index is 670. The average molecular weight is 320 g/mol. The number of benzene rings is 1. The van der Waals surface area contributed by atoms with E-state index in [9.17, 15) is 0 Å². The summed E-state index contributed by atoms with van der Waals surface area (Å²) in [6, 6.07) is 11.8. The maximum atomic E-state index is 5.67. The number of nitrogens with zero attached hydrogens (tertiary/aromatic N) is 1. The summed E-state index contributed by atoms with van der Waals surface area (Å²) < 4.78 is 1.11. The molecule has 0 amide bonds. The van der Waals surface area contributed by atoms with Crippen LogP contribution in [0.1, 0.15) is 0 Å². The van der Waals surface area contributed by atoms with Crippen molar-refractivity contribution >= 4 is 33.0 Å². The molecule has 0 aliphatic carbocycles. The van der Waals surface area contributed by atoms with Crippen LogP contribution in [0.3, 0.4) is 0 Å². The third-order valence-electron chi connectivity index (χ3n) is 2.60. The van der Waals surface area contributed by atoms with Gasteiger partial charge in [-0.25, -0.2) is 4.98 Å². The lowest BCUT2D eigenvalue weighted by Gasteiger charge is -1.97. The Morgan fingerprint density at radius 1 is 1.11 bits per heavy atom. The fraction of sp³-hybridized carbons (Fsp3) is 0. The summed E-state index contributed by atoms with van der Waals surface area (Å²) >= 11 is 5.14. The number of H-pyrrole nitrogens is 1. The number of aromatic amines is 1. The van der Waals surface area contributed by atoms with Gasteiger partial charge in [-0.1, -0.05) is 0 Å². The molecule has 1 aromatic carbocycles. The summed E-state index contributed by atoms with van der Waals surface area (Å²) in [5.41, 5.74) is 8.49. The third kappa shape index (κ3) is 2.19. The minimum Gasteiger partial charge on any atom is -0.399 e. The predicted octanol–water partition coefficient (Wildman–Crippen LogP) is 4.15. The summed E-state index contributed by atoms with van der Waals surface area (Å²) in [6.07, 6.45) is 1.85. The second kappa shape index (κ2) is 4.59. The van der Waals surface area contributed by atoms with Crippen LogP contribution in [0.5, 0.6) is 0 Å². The van der Waals surface area contributed by atoms with Crippen LogP contribution in [-0.4, -0.2) is 9.97 Å². The Balaban J connectivity index is 1.96. The van der Waals surface area contributed by atoms with Gasteiger partial charge in [0, 0.05) is 11.3 Å². The first-order valence-electron chi connectivity index (χ1n) is 5.39. The van der Waals surface area contributed by atoms with E-state index in [1.807, 2.05) is 36.5 Å². The molecule has 2 aromatic heterocycles. The van der Waals surface area contributed by atoms with E-state index in [1.165, 1.54) is 0 Å². The monoisotopic (exact) mass is 319 g/mol. The maximum Gasteiger partial charge on any atom is 0.137 e. The van der Waals surface area contributed by atoms with Gasteiger partial charge in [-0.15, -0.1) is 11.3 Å². The van der Waals surface area contributed by atoms with Crippen LogP contribution in [0.25, 0.3) is 22.0 Å². The van der Waals surface area contributed by atoms with E-state index in [1.54, 1.807) is 11.3 Å². The minimum absolute atomic E-state index is 0.757. The molecule has 0 radical (unpaired) electrons. The molecule has 5 heteroatoms. The number of hydrogen-bond acceptors (Lipinski definition) is 3. The van der Waals surface area contributed by atoms with Crippen molar-refractivity contribution in [3.05, 3.63) is 46.4 Å². The second-order valence-corrected chi connectivity index (χ2v) is 6.33. The Labute approximate surface area is 117 Å². The lowest BCUT2D eigenvalue weighted by molar-refractivity contribution is 1.31. The van der Waals surface area contributed by atoms with E-state index in [-0.39, 0.29) is 0 Å². The molecule has 0 unspecified atom stereocenters. The number of aromatic nitrogens is 2. The molecule has 3 nitrogen and oxygen atoms in total. The van der Waals surface area contributed by atoms with Gasteiger partial charge in [0.25, 0.3) is 0 Å². The van der Waals surface area contributed by atoms with Crippen LogP contribution in [0.15, 0.2) is 46.4 Å². The maximum absolute atomic E-state index is 5.67. The molecule has 0 spiro atoms. The van der Waals surface area contributed by atoms with E-state index >= 15 is 0 Å². The third-order valence-corrected chi connectivity index (χ3v) is 4.26. The normalized spacial score (nSPS) is 10.7. The molecule has 0 aliphatic heterocycles. The number of nitrogens with two attached hydrogens (primary N) is 1. The number of rotatable bonds is 2. The first-order valence-corrected chi connectivity index (χ1v) is 7.00. The van der Waals surface area contributed by atoms with Crippen molar-refractivity contribution in [3.63, 3.8) is 0 Å². The minimum atomic E-state index is 0.757. The Morgan fingerprint density at radius 2 is 1.89 bits per heavy atom. The largest absolute Gasteiger partial charge is 0.399 e. The number of nitrogen functional groups attached to an aromatic ring is 1. The van der Waals surface area contributed by atoms with E-state index in [2.05, 4.69) is 32.0 Å². The van der Waals surface area contributed by atoms with Crippen LogP contribution in [-0.2, 0) is 0 Å². The zero-order valence-corrected chi connectivity index (χ0v) is 11.8. The average Bonchev–Trinajstić information content (AvgIpc) is 2.98. The Hall–Kier alpha value is -1.59. The van der Waals surface area contributed by atoms with Crippen molar-refractivity contribution in [1.29, 1.82) is 0 Å². The second-order valence-electron chi connectivity index (χ2n) is 3.87. The molecule has 0 bridgehead atoms. The van der Waals surface area contributed by atoms with E-state index < -0.39 is 0 Å². The number of hydrogen-bond donors (Lipinski definition) is 2. The standard InChI is InChI=1S/C13H10BrN3S/c14-12-6-5-11(18-12)10-7-16-13(17-10)8-1-3-9(15)4-2-8/h1-7H,15H2,(H,16,17). The Kier molecular flexibility index (Phi) is 2.93. The van der Waals surface area contributed by atoms with Gasteiger partial charge < -0.3 is 10.7 Å². The highest BCUT2D eigenvalue weighted by Crippen LogP contribution is 2.31. The number of thiophene rings is 1. The van der Waals surface area contributed by atoms with E-state index in [0.29, 0.717) is 0 Å². The van der Waals surface area contributed by atoms with Gasteiger partial charge in [0.2, 0.25) is 0 Å². The van der Waals surface area contributed by atoms with Crippen molar-refractivity contribution in [3.8, 4) is 22.0 Å². The van der Waals surface area contributed by atoms with Gasteiger partial charge in [0.05, 0.1) is 20.6 Å². The summed E-state index contributed by atoms with van der Waals surface area (Å²) in [5.74, 6) is 0.856. The van der Waals surface area contributed by atoms with Crippen molar-refractivity contribution in [2.75, 3.05) is 5.73 Å². The van der Waals surface area contributed by atoms with Gasteiger partial charge in [-0.3, -0.25) is 0 Å². The smallest absolute Gasteiger partial charge is 0.137 e. The molecule has 0 atom stereocenters. The highest BCUT2D eigenvalue weighted by atomic mass is 79.9. The van der Waals surface area contributed by atoms with Gasteiger partial charge >= 0.3 is 0 Å². The van der Waals surface area contributed by atoms with Crippen LogP contribution in [0, 0.1) is 0 Å². The molecule has 0 saturated heterocycles.